The molecule has 0 amide bonds. The van der Waals surface area contributed by atoms with Crippen LogP contribution in [-0.2, 0) is 4.74 Å². The molecule has 0 aliphatic rings. The van der Waals surface area contributed by atoms with Gasteiger partial charge in [0.2, 0.25) is 0 Å². The molecule has 0 heterocycles. The van der Waals surface area contributed by atoms with E-state index in [9.17, 15) is 0 Å². The highest BCUT2D eigenvalue weighted by atomic mass is 35.5. The molecule has 3 heteroatoms. The third-order valence-electron chi connectivity index (χ3n) is 1.64. The largest absolute Gasteiger partial charge is 0.383 e. The maximum absolute atomic E-state index is 5.82. The molecule has 0 spiro atoms. The van der Waals surface area contributed by atoms with Crippen molar-refractivity contribution in [2.45, 2.75) is 0 Å². The summed E-state index contributed by atoms with van der Waals surface area (Å²) in [6.45, 7) is 5.60. The fourth-order valence-electron chi connectivity index (χ4n) is 1.03. The van der Waals surface area contributed by atoms with Crippen molar-refractivity contribution in [3.05, 3.63) is 41.9 Å². The summed E-state index contributed by atoms with van der Waals surface area (Å²) in [7, 11) is 0. The minimum absolute atomic E-state index is 0.594. The molecule has 0 radical (unpaired) electrons. The van der Waals surface area contributed by atoms with Gasteiger partial charge >= 0.3 is 0 Å². The maximum atomic E-state index is 5.82. The quantitative estimate of drug-likeness (QED) is 0.577. The van der Waals surface area contributed by atoms with E-state index in [4.69, 9.17) is 16.3 Å². The van der Waals surface area contributed by atoms with Crippen molar-refractivity contribution in [3.63, 3.8) is 0 Å². The molecule has 1 rings (SSSR count). The van der Waals surface area contributed by atoms with Crippen molar-refractivity contribution in [2.75, 3.05) is 25.1 Å². The number of anilines is 1. The SMILES string of the molecule is C=CCOCCNc1cccc(Cl)c1. The zero-order valence-electron chi connectivity index (χ0n) is 8.00. The van der Waals surface area contributed by atoms with Crippen molar-refractivity contribution >= 4 is 17.3 Å². The number of ether oxygens (including phenoxy) is 1. The van der Waals surface area contributed by atoms with Gasteiger partial charge in [-0.3, -0.25) is 0 Å². The first-order chi connectivity index (χ1) is 6.83. The van der Waals surface area contributed by atoms with Gasteiger partial charge in [0.25, 0.3) is 0 Å². The zero-order chi connectivity index (χ0) is 10.2. The first-order valence-corrected chi connectivity index (χ1v) is 4.89. The Labute approximate surface area is 89.5 Å². The summed E-state index contributed by atoms with van der Waals surface area (Å²) in [6.07, 6.45) is 1.74. The van der Waals surface area contributed by atoms with E-state index < -0.39 is 0 Å². The first kappa shape index (κ1) is 11.1. The molecule has 0 aromatic heterocycles. The molecule has 0 aliphatic carbocycles. The third kappa shape index (κ3) is 4.30. The van der Waals surface area contributed by atoms with Crippen molar-refractivity contribution in [2.24, 2.45) is 0 Å². The van der Waals surface area contributed by atoms with Gasteiger partial charge in [-0.15, -0.1) is 6.58 Å². The molecule has 2 nitrogen and oxygen atoms in total. The van der Waals surface area contributed by atoms with Crippen LogP contribution in [-0.4, -0.2) is 19.8 Å². The number of hydrogen-bond donors (Lipinski definition) is 1. The molecule has 1 aromatic carbocycles. The molecule has 0 unspecified atom stereocenters. The number of halogens is 1. The van der Waals surface area contributed by atoms with Crippen molar-refractivity contribution in [1.29, 1.82) is 0 Å². The van der Waals surface area contributed by atoms with E-state index in [-0.39, 0.29) is 0 Å². The van der Waals surface area contributed by atoms with Gasteiger partial charge in [0.05, 0.1) is 13.2 Å². The molecule has 0 atom stereocenters. The highest BCUT2D eigenvalue weighted by Gasteiger charge is 1.92. The van der Waals surface area contributed by atoms with Crippen LogP contribution in [0.1, 0.15) is 0 Å². The molecule has 0 bridgehead atoms. The van der Waals surface area contributed by atoms with Crippen molar-refractivity contribution in [1.82, 2.24) is 0 Å². The van der Waals surface area contributed by atoms with Gasteiger partial charge in [-0.25, -0.2) is 0 Å². The lowest BCUT2D eigenvalue weighted by molar-refractivity contribution is 0.173. The predicted octanol–water partition coefficient (Wildman–Crippen LogP) is 2.95. The molecule has 0 fully saturated rings. The summed E-state index contributed by atoms with van der Waals surface area (Å²) in [5, 5.41) is 3.94. The summed E-state index contributed by atoms with van der Waals surface area (Å²) in [6, 6.07) is 7.62. The van der Waals surface area contributed by atoms with Gasteiger partial charge in [-0.2, -0.15) is 0 Å². The second kappa shape index (κ2) is 6.46. The second-order valence-electron chi connectivity index (χ2n) is 2.80. The van der Waals surface area contributed by atoms with E-state index in [1.807, 2.05) is 24.3 Å². The van der Waals surface area contributed by atoms with Crippen LogP contribution in [0.4, 0.5) is 5.69 Å². The molecule has 1 aromatic rings. The highest BCUT2D eigenvalue weighted by Crippen LogP contribution is 2.14. The van der Waals surface area contributed by atoms with Gasteiger partial charge in [0.15, 0.2) is 0 Å². The monoisotopic (exact) mass is 211 g/mol. The molecule has 0 saturated carbocycles. The number of benzene rings is 1. The molecular weight excluding hydrogens is 198 g/mol. The second-order valence-corrected chi connectivity index (χ2v) is 3.24. The minimum Gasteiger partial charge on any atom is -0.383 e. The van der Waals surface area contributed by atoms with E-state index in [0.717, 1.165) is 17.3 Å². The van der Waals surface area contributed by atoms with Crippen LogP contribution >= 0.6 is 11.6 Å². The van der Waals surface area contributed by atoms with Crippen molar-refractivity contribution in [3.8, 4) is 0 Å². The zero-order valence-corrected chi connectivity index (χ0v) is 8.76. The van der Waals surface area contributed by atoms with Crippen LogP contribution in [0.5, 0.6) is 0 Å². The average Bonchev–Trinajstić information content (AvgIpc) is 2.18. The first-order valence-electron chi connectivity index (χ1n) is 4.51. The maximum Gasteiger partial charge on any atom is 0.0645 e. The van der Waals surface area contributed by atoms with Gasteiger partial charge in [-0.05, 0) is 18.2 Å². The standard InChI is InChI=1S/C11H14ClNO/c1-2-7-14-8-6-13-11-5-3-4-10(12)9-11/h2-5,9,13H,1,6-8H2. The summed E-state index contributed by atoms with van der Waals surface area (Å²) >= 11 is 5.82. The smallest absolute Gasteiger partial charge is 0.0645 e. The Kier molecular flexibility index (Phi) is 5.12. The van der Waals surface area contributed by atoms with Crippen LogP contribution in [0, 0.1) is 0 Å². The third-order valence-corrected chi connectivity index (χ3v) is 1.87. The molecule has 0 saturated heterocycles. The van der Waals surface area contributed by atoms with E-state index in [0.29, 0.717) is 13.2 Å². The van der Waals surface area contributed by atoms with E-state index >= 15 is 0 Å². The molecule has 0 aliphatic heterocycles. The number of hydrogen-bond acceptors (Lipinski definition) is 2. The topological polar surface area (TPSA) is 21.3 Å². The summed E-state index contributed by atoms with van der Waals surface area (Å²) < 4.78 is 5.22. The van der Waals surface area contributed by atoms with Crippen LogP contribution in [0.2, 0.25) is 5.02 Å². The Balaban J connectivity index is 2.21. The fourth-order valence-corrected chi connectivity index (χ4v) is 1.22. The van der Waals surface area contributed by atoms with Crippen LogP contribution in [0.15, 0.2) is 36.9 Å². The number of nitrogens with one attached hydrogen (secondary N) is 1. The van der Waals surface area contributed by atoms with E-state index in [1.54, 1.807) is 6.08 Å². The van der Waals surface area contributed by atoms with Crippen LogP contribution < -0.4 is 5.32 Å². The van der Waals surface area contributed by atoms with E-state index in [1.165, 1.54) is 0 Å². The summed E-state index contributed by atoms with van der Waals surface area (Å²) in [4.78, 5) is 0. The minimum atomic E-state index is 0.594. The molecule has 14 heavy (non-hydrogen) atoms. The van der Waals surface area contributed by atoms with E-state index in [2.05, 4.69) is 11.9 Å². The normalized spacial score (nSPS) is 9.79. The fraction of sp³-hybridized carbons (Fsp3) is 0.273. The summed E-state index contributed by atoms with van der Waals surface area (Å²) in [5.74, 6) is 0. The lowest BCUT2D eigenvalue weighted by Gasteiger charge is -2.06. The Morgan fingerprint density at radius 1 is 1.50 bits per heavy atom. The van der Waals surface area contributed by atoms with Crippen molar-refractivity contribution < 1.29 is 4.74 Å². The van der Waals surface area contributed by atoms with Gasteiger partial charge in [-0.1, -0.05) is 23.7 Å². The molecule has 76 valence electrons. The molecular formula is C11H14ClNO. The highest BCUT2D eigenvalue weighted by molar-refractivity contribution is 6.30. The average molecular weight is 212 g/mol. The van der Waals surface area contributed by atoms with Gasteiger partial charge in [0.1, 0.15) is 0 Å². The van der Waals surface area contributed by atoms with Crippen LogP contribution in [0.25, 0.3) is 0 Å². The van der Waals surface area contributed by atoms with Crippen LogP contribution in [0.3, 0.4) is 0 Å². The Morgan fingerprint density at radius 3 is 3.07 bits per heavy atom. The number of rotatable bonds is 6. The summed E-state index contributed by atoms with van der Waals surface area (Å²) in [5.41, 5.74) is 1.01. The van der Waals surface area contributed by atoms with Gasteiger partial charge in [0, 0.05) is 17.3 Å². The lowest BCUT2D eigenvalue weighted by Crippen LogP contribution is -2.09. The van der Waals surface area contributed by atoms with Gasteiger partial charge < -0.3 is 10.1 Å². The molecule has 1 N–H and O–H groups in total. The predicted molar refractivity (Wildman–Crippen MR) is 61.0 cm³/mol. The Bertz CT molecular complexity index is 288. The lowest BCUT2D eigenvalue weighted by atomic mass is 10.3. The Hall–Kier alpha value is -0.990. The Morgan fingerprint density at radius 2 is 2.36 bits per heavy atom.